The van der Waals surface area contributed by atoms with E-state index in [1.807, 2.05) is 66.1 Å². The van der Waals surface area contributed by atoms with Crippen molar-refractivity contribution < 1.29 is 4.74 Å². The predicted molar refractivity (Wildman–Crippen MR) is 114 cm³/mol. The molecule has 0 atom stereocenters. The fraction of sp³-hybridized carbons (Fsp3) is 0.105. The van der Waals surface area contributed by atoms with Gasteiger partial charge in [-0.25, -0.2) is 0 Å². The first kappa shape index (κ1) is 17.8. The zero-order valence-electron chi connectivity index (χ0n) is 14.3. The molecule has 0 aliphatic rings. The van der Waals surface area contributed by atoms with Gasteiger partial charge in [-0.05, 0) is 67.8 Å². The lowest BCUT2D eigenvalue weighted by Gasteiger charge is -2.09. The Kier molecular flexibility index (Phi) is 4.77. The van der Waals surface area contributed by atoms with Crippen LogP contribution < -0.4 is 10.3 Å². The average molecular weight is 414 g/mol. The molecule has 2 aromatic carbocycles. The molecule has 1 N–H and O–H groups in total. The van der Waals surface area contributed by atoms with Crippen molar-refractivity contribution in [2.75, 3.05) is 6.61 Å². The molecule has 0 saturated heterocycles. The molecule has 0 radical (unpaired) electrons. The van der Waals surface area contributed by atoms with Gasteiger partial charge in [0.15, 0.2) is 8.73 Å². The Balaban J connectivity index is 1.95. The largest absolute Gasteiger partial charge is 0.494 e. The summed E-state index contributed by atoms with van der Waals surface area (Å²) in [6.07, 6.45) is 0. The molecule has 0 aliphatic carbocycles. The molecular formula is C19H15N3O2S3. The number of benzene rings is 2. The van der Waals surface area contributed by atoms with Crippen molar-refractivity contribution in [3.8, 4) is 17.1 Å². The summed E-state index contributed by atoms with van der Waals surface area (Å²) in [6.45, 7) is 2.54. The highest BCUT2D eigenvalue weighted by Crippen LogP contribution is 2.25. The van der Waals surface area contributed by atoms with E-state index in [1.165, 1.54) is 15.9 Å². The van der Waals surface area contributed by atoms with Crippen LogP contribution in [0.3, 0.4) is 0 Å². The van der Waals surface area contributed by atoms with Gasteiger partial charge in [0.2, 0.25) is 0 Å². The van der Waals surface area contributed by atoms with Crippen LogP contribution in [0.5, 0.6) is 5.75 Å². The number of nitrogens with one attached hydrogen (secondary N) is 1. The van der Waals surface area contributed by atoms with Crippen LogP contribution in [0, 0.1) is 8.73 Å². The second-order valence-corrected chi connectivity index (χ2v) is 7.75. The van der Waals surface area contributed by atoms with Gasteiger partial charge in [-0.2, -0.15) is 0 Å². The number of nitrogens with zero attached hydrogens (tertiary/aromatic N) is 2. The average Bonchev–Trinajstić information content (AvgIpc) is 3.00. The van der Waals surface area contributed by atoms with E-state index in [-0.39, 0.29) is 5.56 Å². The van der Waals surface area contributed by atoms with Crippen molar-refractivity contribution >= 4 is 46.1 Å². The lowest BCUT2D eigenvalue weighted by atomic mass is 10.3. The minimum atomic E-state index is -0.180. The van der Waals surface area contributed by atoms with Gasteiger partial charge in [0, 0.05) is 5.69 Å². The lowest BCUT2D eigenvalue weighted by molar-refractivity contribution is 0.340. The van der Waals surface area contributed by atoms with Crippen molar-refractivity contribution in [2.24, 2.45) is 0 Å². The fourth-order valence-electron chi connectivity index (χ4n) is 2.89. The monoisotopic (exact) mass is 413 g/mol. The number of rotatable bonds is 4. The minimum absolute atomic E-state index is 0.180. The molecule has 5 nitrogen and oxygen atoms in total. The summed E-state index contributed by atoms with van der Waals surface area (Å²) in [6, 6.07) is 16.9. The number of hydrogen-bond acceptors (Lipinski definition) is 5. The van der Waals surface area contributed by atoms with E-state index in [2.05, 4.69) is 4.98 Å². The molecule has 0 amide bonds. The van der Waals surface area contributed by atoms with Crippen molar-refractivity contribution in [3.63, 3.8) is 0 Å². The zero-order chi connectivity index (χ0) is 19.0. The van der Waals surface area contributed by atoms with Crippen molar-refractivity contribution in [1.29, 1.82) is 0 Å². The SMILES string of the molecule is CCOc1ccc(-n2c(=S)sc3c(=O)n(-c4ccccc4)c(=S)[nH]c32)cc1. The maximum Gasteiger partial charge on any atom is 0.278 e. The third kappa shape index (κ3) is 3.16. The molecule has 27 heavy (non-hydrogen) atoms. The van der Waals surface area contributed by atoms with E-state index in [4.69, 9.17) is 29.2 Å². The van der Waals surface area contributed by atoms with Crippen LogP contribution in [-0.2, 0) is 0 Å². The number of aromatic nitrogens is 3. The highest BCUT2D eigenvalue weighted by Gasteiger charge is 2.15. The summed E-state index contributed by atoms with van der Waals surface area (Å²) in [4.78, 5) is 16.3. The summed E-state index contributed by atoms with van der Waals surface area (Å²) in [5.74, 6) is 0.784. The van der Waals surface area contributed by atoms with Crippen LogP contribution >= 0.6 is 35.8 Å². The molecule has 4 aromatic rings. The second-order valence-electron chi connectivity index (χ2n) is 5.71. The van der Waals surface area contributed by atoms with E-state index in [9.17, 15) is 4.79 Å². The number of para-hydroxylation sites is 1. The van der Waals surface area contributed by atoms with E-state index in [0.717, 1.165) is 17.1 Å². The Bertz CT molecular complexity index is 1280. The normalized spacial score (nSPS) is 11.0. The molecule has 0 aliphatic heterocycles. The number of ether oxygens (including phenoxy) is 1. The van der Waals surface area contributed by atoms with Gasteiger partial charge in [0.1, 0.15) is 16.1 Å². The third-order valence-corrected chi connectivity index (χ3v) is 5.70. The first-order valence-corrected chi connectivity index (χ1v) is 9.93. The maximum atomic E-state index is 13.1. The molecule has 4 rings (SSSR count). The van der Waals surface area contributed by atoms with Crippen LogP contribution in [-0.4, -0.2) is 20.7 Å². The topological polar surface area (TPSA) is 51.9 Å². The maximum absolute atomic E-state index is 13.1. The Morgan fingerprint density at radius 2 is 1.67 bits per heavy atom. The molecule has 136 valence electrons. The van der Waals surface area contributed by atoms with Gasteiger partial charge in [0.05, 0.1) is 12.3 Å². The molecule has 0 fully saturated rings. The fourth-order valence-corrected chi connectivity index (χ4v) is 4.50. The number of aromatic amines is 1. The van der Waals surface area contributed by atoms with E-state index in [1.54, 1.807) is 0 Å². The lowest BCUT2D eigenvalue weighted by Crippen LogP contribution is -2.20. The molecule has 0 spiro atoms. The standard InChI is InChI=1S/C19H15N3O2S3/c1-2-24-14-10-8-13(9-11-14)21-16-15(27-19(21)26)17(23)22(18(25)20-16)12-6-4-3-5-7-12/h3-11H,2H2,1H3,(H,20,25). The third-order valence-electron chi connectivity index (χ3n) is 4.06. The highest BCUT2D eigenvalue weighted by atomic mass is 32.1. The molecule has 2 heterocycles. The number of thiazole rings is 1. The van der Waals surface area contributed by atoms with E-state index in [0.29, 0.717) is 25.7 Å². The van der Waals surface area contributed by atoms with Gasteiger partial charge >= 0.3 is 0 Å². The van der Waals surface area contributed by atoms with Crippen LogP contribution in [0.1, 0.15) is 6.92 Å². The minimum Gasteiger partial charge on any atom is -0.494 e. The molecule has 0 bridgehead atoms. The summed E-state index contributed by atoms with van der Waals surface area (Å²) in [5, 5.41) is 0. The Morgan fingerprint density at radius 1 is 1.00 bits per heavy atom. The van der Waals surface area contributed by atoms with E-state index < -0.39 is 0 Å². The quantitative estimate of drug-likeness (QED) is 0.477. The molecule has 8 heteroatoms. The van der Waals surface area contributed by atoms with Gasteiger partial charge in [0.25, 0.3) is 5.56 Å². The Morgan fingerprint density at radius 3 is 2.33 bits per heavy atom. The number of H-pyrrole nitrogens is 1. The van der Waals surface area contributed by atoms with Crippen molar-refractivity contribution in [1.82, 2.24) is 14.1 Å². The molecule has 0 saturated carbocycles. The first-order valence-electron chi connectivity index (χ1n) is 8.29. The van der Waals surface area contributed by atoms with E-state index >= 15 is 0 Å². The van der Waals surface area contributed by atoms with Crippen LogP contribution in [0.15, 0.2) is 59.4 Å². The van der Waals surface area contributed by atoms with Crippen LogP contribution in [0.25, 0.3) is 21.7 Å². The Hall–Kier alpha value is -2.55. The predicted octanol–water partition coefficient (Wildman–Crippen LogP) is 5.03. The summed E-state index contributed by atoms with van der Waals surface area (Å²) in [5.41, 5.74) is 1.99. The zero-order valence-corrected chi connectivity index (χ0v) is 16.8. The first-order chi connectivity index (χ1) is 13.1. The molecular weight excluding hydrogens is 398 g/mol. The Labute approximate surface area is 169 Å². The van der Waals surface area contributed by atoms with Gasteiger partial charge in [-0.3, -0.25) is 13.9 Å². The van der Waals surface area contributed by atoms with Gasteiger partial charge in [-0.15, -0.1) is 0 Å². The number of hydrogen-bond donors (Lipinski definition) is 1. The van der Waals surface area contributed by atoms with Crippen molar-refractivity contribution in [2.45, 2.75) is 6.92 Å². The second kappa shape index (κ2) is 7.22. The van der Waals surface area contributed by atoms with Crippen LogP contribution in [0.4, 0.5) is 0 Å². The summed E-state index contributed by atoms with van der Waals surface area (Å²) >= 11 is 12.3. The summed E-state index contributed by atoms with van der Waals surface area (Å²) in [7, 11) is 0. The molecule has 0 unspecified atom stereocenters. The van der Waals surface area contributed by atoms with Gasteiger partial charge in [-0.1, -0.05) is 29.5 Å². The smallest absolute Gasteiger partial charge is 0.278 e. The number of fused-ring (bicyclic) bond motifs is 1. The van der Waals surface area contributed by atoms with Crippen molar-refractivity contribution in [3.05, 3.63) is 73.7 Å². The summed E-state index contributed by atoms with van der Waals surface area (Å²) < 4.78 is 10.2. The highest BCUT2D eigenvalue weighted by molar-refractivity contribution is 7.73. The van der Waals surface area contributed by atoms with Gasteiger partial charge < -0.3 is 9.72 Å². The van der Waals surface area contributed by atoms with Crippen LogP contribution in [0.2, 0.25) is 0 Å². The molecule has 2 aromatic heterocycles.